The molecular weight excluding hydrogens is 356 g/mol. The molecule has 26 heavy (non-hydrogen) atoms. The van der Waals surface area contributed by atoms with Crippen LogP contribution in [-0.2, 0) is 14.3 Å². The van der Waals surface area contributed by atoms with Crippen LogP contribution < -0.4 is 10.6 Å². The van der Waals surface area contributed by atoms with Gasteiger partial charge < -0.3 is 14.8 Å². The van der Waals surface area contributed by atoms with Crippen LogP contribution in [0.2, 0.25) is 0 Å². The fourth-order valence-electron chi connectivity index (χ4n) is 1.99. The molecule has 0 aliphatic rings. The van der Waals surface area contributed by atoms with Gasteiger partial charge in [-0.3, -0.25) is 10.1 Å². The molecule has 2 N–H and O–H groups in total. The molecule has 0 saturated carbocycles. The van der Waals surface area contributed by atoms with Crippen molar-refractivity contribution in [3.05, 3.63) is 29.8 Å². The van der Waals surface area contributed by atoms with Crippen LogP contribution in [0, 0.1) is 0 Å². The lowest BCUT2D eigenvalue weighted by Crippen LogP contribution is -2.41. The number of carbonyl (C=O) groups excluding carboxylic acids is 3. The number of benzene rings is 1. The molecule has 0 heterocycles. The molecule has 2 amide bonds. The SMILES string of the molecule is COC(=O)[C@@H](CCSC)NC(=O)c1ccc(NC(=O)OC(C)(C)C)cc1. The summed E-state index contributed by atoms with van der Waals surface area (Å²) in [5.74, 6) is -0.139. The van der Waals surface area contributed by atoms with Gasteiger partial charge in [0.05, 0.1) is 7.11 Å². The van der Waals surface area contributed by atoms with Gasteiger partial charge in [0.25, 0.3) is 5.91 Å². The monoisotopic (exact) mass is 382 g/mol. The first-order valence-electron chi connectivity index (χ1n) is 8.14. The van der Waals surface area contributed by atoms with Crippen molar-refractivity contribution in [1.82, 2.24) is 5.32 Å². The van der Waals surface area contributed by atoms with E-state index in [1.54, 1.807) is 56.8 Å². The third-order valence-electron chi connectivity index (χ3n) is 3.19. The Morgan fingerprint density at radius 3 is 2.27 bits per heavy atom. The zero-order chi connectivity index (χ0) is 19.7. The molecular formula is C18H26N2O5S. The highest BCUT2D eigenvalue weighted by atomic mass is 32.2. The van der Waals surface area contributed by atoms with Crippen LogP contribution in [0.5, 0.6) is 0 Å². The van der Waals surface area contributed by atoms with Gasteiger partial charge in [-0.1, -0.05) is 0 Å². The summed E-state index contributed by atoms with van der Waals surface area (Å²) in [6, 6.07) is 5.61. The maximum absolute atomic E-state index is 12.3. The van der Waals surface area contributed by atoms with Crippen molar-refractivity contribution in [3.8, 4) is 0 Å². The molecule has 0 spiro atoms. The van der Waals surface area contributed by atoms with E-state index in [0.29, 0.717) is 17.7 Å². The number of rotatable bonds is 7. The smallest absolute Gasteiger partial charge is 0.412 e. The van der Waals surface area contributed by atoms with Crippen molar-refractivity contribution in [2.75, 3.05) is 24.4 Å². The summed E-state index contributed by atoms with van der Waals surface area (Å²) in [5, 5.41) is 5.26. The molecule has 0 aliphatic carbocycles. The third kappa shape index (κ3) is 7.77. The van der Waals surface area contributed by atoms with Gasteiger partial charge in [-0.15, -0.1) is 0 Å². The number of anilines is 1. The van der Waals surface area contributed by atoms with Crippen molar-refractivity contribution >= 4 is 35.4 Å². The highest BCUT2D eigenvalue weighted by Crippen LogP contribution is 2.13. The molecule has 8 heteroatoms. The quantitative estimate of drug-likeness (QED) is 0.704. The lowest BCUT2D eigenvalue weighted by atomic mass is 10.1. The van der Waals surface area contributed by atoms with E-state index in [-0.39, 0.29) is 5.91 Å². The molecule has 7 nitrogen and oxygen atoms in total. The number of methoxy groups -OCH3 is 1. The van der Waals surface area contributed by atoms with Gasteiger partial charge in [-0.25, -0.2) is 9.59 Å². The number of ether oxygens (including phenoxy) is 2. The van der Waals surface area contributed by atoms with E-state index in [1.165, 1.54) is 7.11 Å². The molecule has 1 rings (SSSR count). The van der Waals surface area contributed by atoms with Crippen molar-refractivity contribution in [2.24, 2.45) is 0 Å². The van der Waals surface area contributed by atoms with Gasteiger partial charge in [-0.05, 0) is 63.5 Å². The van der Waals surface area contributed by atoms with Gasteiger partial charge >= 0.3 is 12.1 Å². The number of esters is 1. The average molecular weight is 382 g/mol. The molecule has 1 atom stereocenters. The second-order valence-electron chi connectivity index (χ2n) is 6.53. The summed E-state index contributed by atoms with van der Waals surface area (Å²) in [5.41, 5.74) is 0.282. The lowest BCUT2D eigenvalue weighted by molar-refractivity contribution is -0.142. The fraction of sp³-hybridized carbons (Fsp3) is 0.500. The molecule has 0 bridgehead atoms. The highest BCUT2D eigenvalue weighted by Gasteiger charge is 2.22. The van der Waals surface area contributed by atoms with E-state index in [9.17, 15) is 14.4 Å². The molecule has 0 saturated heterocycles. The predicted octanol–water partition coefficient (Wildman–Crippen LogP) is 3.06. The molecule has 0 radical (unpaired) electrons. The van der Waals surface area contributed by atoms with E-state index in [4.69, 9.17) is 9.47 Å². The van der Waals surface area contributed by atoms with Gasteiger partial charge in [0.15, 0.2) is 0 Å². The third-order valence-corrected chi connectivity index (χ3v) is 3.84. The summed E-state index contributed by atoms with van der Waals surface area (Å²) in [4.78, 5) is 35.8. The Morgan fingerprint density at radius 1 is 1.15 bits per heavy atom. The van der Waals surface area contributed by atoms with Gasteiger partial charge in [0, 0.05) is 11.3 Å². The molecule has 144 valence electrons. The van der Waals surface area contributed by atoms with Crippen molar-refractivity contribution in [1.29, 1.82) is 0 Å². The fourth-order valence-corrected chi connectivity index (χ4v) is 2.47. The predicted molar refractivity (Wildman–Crippen MR) is 103 cm³/mol. The average Bonchev–Trinajstić information content (AvgIpc) is 2.56. The Balaban J connectivity index is 2.70. The molecule has 0 aliphatic heterocycles. The maximum atomic E-state index is 12.3. The van der Waals surface area contributed by atoms with Crippen LogP contribution in [0.15, 0.2) is 24.3 Å². The van der Waals surface area contributed by atoms with Gasteiger partial charge in [0.2, 0.25) is 0 Å². The van der Waals surface area contributed by atoms with Crippen molar-refractivity contribution in [2.45, 2.75) is 38.8 Å². The van der Waals surface area contributed by atoms with Gasteiger partial charge in [-0.2, -0.15) is 11.8 Å². The standard InChI is InChI=1S/C18H26N2O5S/c1-18(2,3)25-17(23)19-13-8-6-12(7-9-13)15(21)20-14(10-11-26-5)16(22)24-4/h6-9,14H,10-11H2,1-5H3,(H,19,23)(H,20,21)/t14-/m1/s1. The van der Waals surface area contributed by atoms with E-state index < -0.39 is 23.7 Å². The number of nitrogens with one attached hydrogen (secondary N) is 2. The highest BCUT2D eigenvalue weighted by molar-refractivity contribution is 7.98. The lowest BCUT2D eigenvalue weighted by Gasteiger charge is -2.19. The van der Waals surface area contributed by atoms with Crippen LogP contribution in [-0.4, -0.2) is 48.7 Å². The number of thioether (sulfide) groups is 1. The first kappa shape index (κ1) is 21.8. The largest absolute Gasteiger partial charge is 0.467 e. The van der Waals surface area contributed by atoms with E-state index >= 15 is 0 Å². The Kier molecular flexibility index (Phi) is 8.44. The van der Waals surface area contributed by atoms with Gasteiger partial charge in [0.1, 0.15) is 11.6 Å². The maximum Gasteiger partial charge on any atom is 0.412 e. The molecule has 0 fully saturated rings. The van der Waals surface area contributed by atoms with Crippen LogP contribution >= 0.6 is 11.8 Å². The zero-order valence-corrected chi connectivity index (χ0v) is 16.6. The zero-order valence-electron chi connectivity index (χ0n) is 15.8. The molecule has 1 aromatic carbocycles. The van der Waals surface area contributed by atoms with Crippen molar-refractivity contribution < 1.29 is 23.9 Å². The molecule has 0 unspecified atom stereocenters. The van der Waals surface area contributed by atoms with Crippen LogP contribution in [0.25, 0.3) is 0 Å². The Labute approximate surface area is 158 Å². The van der Waals surface area contributed by atoms with E-state index in [0.717, 1.165) is 5.75 Å². The van der Waals surface area contributed by atoms with Crippen molar-refractivity contribution in [3.63, 3.8) is 0 Å². The first-order valence-corrected chi connectivity index (χ1v) is 9.53. The Hall–Kier alpha value is -2.22. The van der Waals surface area contributed by atoms with Crippen LogP contribution in [0.4, 0.5) is 10.5 Å². The summed E-state index contributed by atoms with van der Waals surface area (Å²) >= 11 is 1.58. The summed E-state index contributed by atoms with van der Waals surface area (Å²) in [6.07, 6.45) is 1.84. The minimum atomic E-state index is -0.695. The second kappa shape index (κ2) is 10.1. The second-order valence-corrected chi connectivity index (χ2v) is 7.52. The summed E-state index contributed by atoms with van der Waals surface area (Å²) in [7, 11) is 1.29. The minimum Gasteiger partial charge on any atom is -0.467 e. The number of amides is 2. The van der Waals surface area contributed by atoms with E-state index in [1.807, 2.05) is 6.26 Å². The topological polar surface area (TPSA) is 93.7 Å². The van der Waals surface area contributed by atoms with Crippen LogP contribution in [0.3, 0.4) is 0 Å². The summed E-state index contributed by atoms with van der Waals surface area (Å²) < 4.78 is 9.89. The Bertz CT molecular complexity index is 625. The minimum absolute atomic E-state index is 0.373. The first-order chi connectivity index (χ1) is 12.2. The number of hydrogen-bond donors (Lipinski definition) is 2. The molecule has 0 aromatic heterocycles. The Morgan fingerprint density at radius 2 is 1.77 bits per heavy atom. The molecule has 1 aromatic rings. The number of hydrogen-bond acceptors (Lipinski definition) is 6. The van der Waals surface area contributed by atoms with E-state index in [2.05, 4.69) is 10.6 Å². The number of carbonyl (C=O) groups is 3. The normalized spacial score (nSPS) is 12.0. The summed E-state index contributed by atoms with van der Waals surface area (Å²) in [6.45, 7) is 5.32. The van der Waals surface area contributed by atoms with Crippen LogP contribution in [0.1, 0.15) is 37.6 Å².